The zero-order valence-electron chi connectivity index (χ0n) is 11.8. The van der Waals surface area contributed by atoms with Crippen LogP contribution in [0.2, 0.25) is 0 Å². The van der Waals surface area contributed by atoms with Gasteiger partial charge in [0.25, 0.3) is 0 Å². The normalized spacial score (nSPS) is 29.9. The smallest absolute Gasteiger partial charge is 0.122 e. The Morgan fingerprint density at radius 2 is 2.11 bits per heavy atom. The molecule has 1 saturated carbocycles. The van der Waals surface area contributed by atoms with Crippen LogP contribution in [-0.2, 0) is 6.42 Å². The second-order valence-electron chi connectivity index (χ2n) is 6.47. The molecule has 0 radical (unpaired) electrons. The van der Waals surface area contributed by atoms with Crippen molar-refractivity contribution < 1.29 is 4.74 Å². The molecule has 1 aliphatic heterocycles. The summed E-state index contributed by atoms with van der Waals surface area (Å²) < 4.78 is 5.55. The van der Waals surface area contributed by atoms with Gasteiger partial charge in [-0.15, -0.1) is 0 Å². The SMILES string of the molecule is COc1cccc2c1CC[C@@H]1[C@@H]2CCN1CC1CC1. The minimum atomic E-state index is 0.762. The number of likely N-dealkylation sites (tertiary alicyclic amines) is 1. The molecular formula is C17H23NO. The Balaban J connectivity index is 1.62. The van der Waals surface area contributed by atoms with E-state index in [0.717, 1.165) is 23.6 Å². The average Bonchev–Trinajstić information content (AvgIpc) is 3.17. The van der Waals surface area contributed by atoms with Crippen molar-refractivity contribution in [1.82, 2.24) is 4.90 Å². The minimum absolute atomic E-state index is 0.762. The summed E-state index contributed by atoms with van der Waals surface area (Å²) in [6.07, 6.45) is 6.81. The van der Waals surface area contributed by atoms with E-state index in [1.807, 2.05) is 0 Å². The third kappa shape index (κ3) is 1.97. The Kier molecular flexibility index (Phi) is 2.80. The average molecular weight is 257 g/mol. The third-order valence-electron chi connectivity index (χ3n) is 5.33. The van der Waals surface area contributed by atoms with Gasteiger partial charge in [0.15, 0.2) is 0 Å². The molecule has 19 heavy (non-hydrogen) atoms. The first-order valence-electron chi connectivity index (χ1n) is 7.76. The number of ether oxygens (including phenoxy) is 1. The van der Waals surface area contributed by atoms with Gasteiger partial charge < -0.3 is 4.74 Å². The Bertz CT molecular complexity index is 480. The Hall–Kier alpha value is -1.02. The molecule has 3 aliphatic rings. The van der Waals surface area contributed by atoms with Gasteiger partial charge in [-0.05, 0) is 61.8 Å². The summed E-state index contributed by atoms with van der Waals surface area (Å²) in [5.41, 5.74) is 3.06. The fraction of sp³-hybridized carbons (Fsp3) is 0.647. The largest absolute Gasteiger partial charge is 0.496 e. The number of hydrogen-bond acceptors (Lipinski definition) is 2. The fourth-order valence-corrected chi connectivity index (χ4v) is 4.20. The maximum atomic E-state index is 5.55. The maximum Gasteiger partial charge on any atom is 0.122 e. The van der Waals surface area contributed by atoms with Gasteiger partial charge in [-0.1, -0.05) is 12.1 Å². The first-order valence-corrected chi connectivity index (χ1v) is 7.76. The van der Waals surface area contributed by atoms with Crippen LogP contribution in [-0.4, -0.2) is 31.1 Å². The highest BCUT2D eigenvalue weighted by atomic mass is 16.5. The van der Waals surface area contributed by atoms with Gasteiger partial charge in [0.2, 0.25) is 0 Å². The highest BCUT2D eigenvalue weighted by Gasteiger charge is 2.40. The van der Waals surface area contributed by atoms with Crippen molar-refractivity contribution >= 4 is 0 Å². The van der Waals surface area contributed by atoms with Gasteiger partial charge in [-0.3, -0.25) is 4.90 Å². The van der Waals surface area contributed by atoms with Crippen LogP contribution in [0.5, 0.6) is 5.75 Å². The molecule has 0 spiro atoms. The fourth-order valence-electron chi connectivity index (χ4n) is 4.20. The van der Waals surface area contributed by atoms with Gasteiger partial charge in [0, 0.05) is 18.5 Å². The lowest BCUT2D eigenvalue weighted by molar-refractivity contribution is 0.217. The number of benzene rings is 1. The van der Waals surface area contributed by atoms with Crippen molar-refractivity contribution in [3.63, 3.8) is 0 Å². The zero-order chi connectivity index (χ0) is 12.8. The summed E-state index contributed by atoms with van der Waals surface area (Å²) in [6.45, 7) is 2.67. The van der Waals surface area contributed by atoms with E-state index in [4.69, 9.17) is 4.74 Å². The molecule has 102 valence electrons. The van der Waals surface area contributed by atoms with E-state index >= 15 is 0 Å². The molecule has 0 N–H and O–H groups in total. The van der Waals surface area contributed by atoms with Crippen molar-refractivity contribution in [3.8, 4) is 5.75 Å². The molecule has 0 unspecified atom stereocenters. The van der Waals surface area contributed by atoms with Gasteiger partial charge in [-0.2, -0.15) is 0 Å². The van der Waals surface area contributed by atoms with Crippen molar-refractivity contribution in [1.29, 1.82) is 0 Å². The first kappa shape index (κ1) is 11.8. The summed E-state index contributed by atoms with van der Waals surface area (Å²) in [4.78, 5) is 2.78. The van der Waals surface area contributed by atoms with Gasteiger partial charge >= 0.3 is 0 Å². The number of fused-ring (bicyclic) bond motifs is 3. The Labute approximate surface area is 115 Å². The Morgan fingerprint density at radius 1 is 1.21 bits per heavy atom. The first-order chi connectivity index (χ1) is 9.36. The summed E-state index contributed by atoms with van der Waals surface area (Å²) in [5.74, 6) is 2.89. The summed E-state index contributed by atoms with van der Waals surface area (Å²) >= 11 is 0. The number of methoxy groups -OCH3 is 1. The van der Waals surface area contributed by atoms with Gasteiger partial charge in [-0.25, -0.2) is 0 Å². The van der Waals surface area contributed by atoms with Crippen molar-refractivity contribution in [2.45, 2.75) is 44.1 Å². The number of nitrogens with zero attached hydrogens (tertiary/aromatic N) is 1. The lowest BCUT2D eigenvalue weighted by Gasteiger charge is -2.34. The summed E-state index contributed by atoms with van der Waals surface area (Å²) in [6, 6.07) is 7.44. The lowest BCUT2D eigenvalue weighted by Crippen LogP contribution is -2.36. The molecular weight excluding hydrogens is 234 g/mol. The zero-order valence-corrected chi connectivity index (χ0v) is 11.8. The van der Waals surface area contributed by atoms with Crippen LogP contribution in [0, 0.1) is 5.92 Å². The lowest BCUT2D eigenvalue weighted by atomic mass is 9.79. The molecule has 4 rings (SSSR count). The molecule has 2 heteroatoms. The van der Waals surface area contributed by atoms with Crippen LogP contribution in [0.3, 0.4) is 0 Å². The van der Waals surface area contributed by atoms with Crippen LogP contribution in [0.15, 0.2) is 18.2 Å². The quantitative estimate of drug-likeness (QED) is 0.824. The van der Waals surface area contributed by atoms with Gasteiger partial charge in [0.1, 0.15) is 5.75 Å². The topological polar surface area (TPSA) is 12.5 Å². The summed E-state index contributed by atoms with van der Waals surface area (Å²) in [5, 5.41) is 0. The second kappa shape index (κ2) is 4.52. The molecule has 2 nitrogen and oxygen atoms in total. The van der Waals surface area contributed by atoms with E-state index in [9.17, 15) is 0 Å². The highest BCUT2D eigenvalue weighted by Crippen LogP contribution is 2.45. The van der Waals surface area contributed by atoms with Crippen LogP contribution < -0.4 is 4.74 Å². The number of rotatable bonds is 3. The Morgan fingerprint density at radius 3 is 2.89 bits per heavy atom. The van der Waals surface area contributed by atoms with Crippen molar-refractivity contribution in [2.75, 3.05) is 20.2 Å². The molecule has 0 amide bonds. The molecule has 2 atom stereocenters. The molecule has 1 heterocycles. The van der Waals surface area contributed by atoms with Crippen LogP contribution in [0.1, 0.15) is 42.7 Å². The minimum Gasteiger partial charge on any atom is -0.496 e. The predicted molar refractivity (Wildman–Crippen MR) is 76.8 cm³/mol. The van der Waals surface area contributed by atoms with E-state index < -0.39 is 0 Å². The molecule has 1 aromatic carbocycles. The van der Waals surface area contributed by atoms with Gasteiger partial charge in [0.05, 0.1) is 7.11 Å². The van der Waals surface area contributed by atoms with Crippen LogP contribution in [0.25, 0.3) is 0 Å². The van der Waals surface area contributed by atoms with E-state index in [0.29, 0.717) is 0 Å². The highest BCUT2D eigenvalue weighted by molar-refractivity contribution is 5.45. The molecule has 0 aromatic heterocycles. The molecule has 0 bridgehead atoms. The maximum absolute atomic E-state index is 5.55. The molecule has 2 fully saturated rings. The second-order valence-corrected chi connectivity index (χ2v) is 6.47. The van der Waals surface area contributed by atoms with Crippen molar-refractivity contribution in [3.05, 3.63) is 29.3 Å². The van der Waals surface area contributed by atoms with E-state index in [2.05, 4.69) is 23.1 Å². The van der Waals surface area contributed by atoms with Crippen molar-refractivity contribution in [2.24, 2.45) is 5.92 Å². The molecule has 1 aromatic rings. The van der Waals surface area contributed by atoms with E-state index in [1.165, 1.54) is 50.8 Å². The van der Waals surface area contributed by atoms with E-state index in [1.54, 1.807) is 12.7 Å². The third-order valence-corrected chi connectivity index (χ3v) is 5.33. The molecule has 2 aliphatic carbocycles. The predicted octanol–water partition coefficient (Wildman–Crippen LogP) is 3.21. The molecule has 1 saturated heterocycles. The standard InChI is InChI=1S/C17H23NO/c1-19-17-4-2-3-13-14-9-10-18(11-12-5-6-12)16(14)8-7-15(13)17/h2-4,12,14,16H,5-11H2,1H3/t14-,16-/m1/s1. The number of hydrogen-bond donors (Lipinski definition) is 0. The van der Waals surface area contributed by atoms with Crippen LogP contribution >= 0.6 is 0 Å². The van der Waals surface area contributed by atoms with Crippen LogP contribution in [0.4, 0.5) is 0 Å². The summed E-state index contributed by atoms with van der Waals surface area (Å²) in [7, 11) is 1.80. The van der Waals surface area contributed by atoms with E-state index in [-0.39, 0.29) is 0 Å². The monoisotopic (exact) mass is 257 g/mol.